The molecular weight excluding hydrogens is 432 g/mol. The second-order valence-electron chi connectivity index (χ2n) is 12.0. The van der Waals surface area contributed by atoms with Crippen LogP contribution in [-0.4, -0.2) is 36.6 Å². The van der Waals surface area contributed by atoms with Gasteiger partial charge in [-0.25, -0.2) is 0 Å². The van der Waals surface area contributed by atoms with Gasteiger partial charge in [0, 0.05) is 35.6 Å². The normalized spacial score (nSPS) is 28.8. The van der Waals surface area contributed by atoms with Crippen LogP contribution in [0.15, 0.2) is 11.8 Å². The molecule has 2 aliphatic rings. The number of esters is 1. The SMILES string of the molecule is CC/C1=C\N(C)CC2(C(=O)OC)Cc3c([nH]c4c(C)c(C)c(C)c(C)c34)C(C)(CCC(CC)C1)C2. The van der Waals surface area contributed by atoms with Crippen molar-refractivity contribution in [1.82, 2.24) is 9.88 Å². The summed E-state index contributed by atoms with van der Waals surface area (Å²) in [7, 11) is 3.71. The van der Waals surface area contributed by atoms with Gasteiger partial charge in [0.05, 0.1) is 12.5 Å². The second kappa shape index (κ2) is 9.33. The number of fused-ring (bicyclic) bond motifs is 6. The molecule has 1 N–H and O–H groups in total. The first-order valence-corrected chi connectivity index (χ1v) is 13.6. The van der Waals surface area contributed by atoms with Crippen LogP contribution in [0.1, 0.15) is 92.8 Å². The molecule has 0 saturated heterocycles. The number of nitrogens with zero attached hydrogens (tertiary/aromatic N) is 1. The second-order valence-corrected chi connectivity index (χ2v) is 12.0. The number of benzene rings is 1. The molecule has 4 heteroatoms. The van der Waals surface area contributed by atoms with E-state index in [9.17, 15) is 4.79 Å². The molecule has 4 nitrogen and oxygen atoms in total. The minimum Gasteiger partial charge on any atom is -0.469 e. The summed E-state index contributed by atoms with van der Waals surface area (Å²) >= 11 is 0. The fourth-order valence-electron chi connectivity index (χ4n) is 7.32. The molecule has 192 valence electrons. The molecule has 2 heterocycles. The standard InChI is InChI=1S/C31H46N2O2/c1-10-23-12-13-30(7)17-31(29(34)35-9,18-33(8)16-24(11-2)14-23)15-25-26-21(5)19(3)20(4)22(6)27(26)32-28(25)30/h16,23,32H,10-15,17-18H2,1-9H3/b24-16+. The van der Waals surface area contributed by atoms with Gasteiger partial charge >= 0.3 is 5.97 Å². The molecule has 1 aliphatic heterocycles. The van der Waals surface area contributed by atoms with E-state index in [1.165, 1.54) is 62.8 Å². The van der Waals surface area contributed by atoms with Crippen LogP contribution in [-0.2, 0) is 21.4 Å². The number of hydrogen-bond acceptors (Lipinski definition) is 3. The Morgan fingerprint density at radius 1 is 1.14 bits per heavy atom. The first kappa shape index (κ1) is 25.9. The molecule has 0 spiro atoms. The highest BCUT2D eigenvalue weighted by Crippen LogP contribution is 2.53. The van der Waals surface area contributed by atoms with E-state index in [2.05, 4.69) is 71.6 Å². The summed E-state index contributed by atoms with van der Waals surface area (Å²) in [6.45, 7) is 16.7. The predicted octanol–water partition coefficient (Wildman–Crippen LogP) is 7.20. The van der Waals surface area contributed by atoms with Gasteiger partial charge in [-0.3, -0.25) is 4.79 Å². The van der Waals surface area contributed by atoms with Gasteiger partial charge in [0.25, 0.3) is 0 Å². The lowest BCUT2D eigenvalue weighted by Gasteiger charge is -2.46. The topological polar surface area (TPSA) is 45.3 Å². The summed E-state index contributed by atoms with van der Waals surface area (Å²) in [4.78, 5) is 19.9. The molecule has 1 aliphatic carbocycles. The third-order valence-electron chi connectivity index (χ3n) is 9.65. The Bertz CT molecular complexity index is 1170. The zero-order chi connectivity index (χ0) is 25.7. The van der Waals surface area contributed by atoms with Crippen molar-refractivity contribution in [3.8, 4) is 0 Å². The van der Waals surface area contributed by atoms with Crippen LogP contribution >= 0.6 is 0 Å². The average molecular weight is 479 g/mol. The van der Waals surface area contributed by atoms with Crippen molar-refractivity contribution >= 4 is 16.9 Å². The fraction of sp³-hybridized carbons (Fsp3) is 0.645. The van der Waals surface area contributed by atoms with E-state index in [0.29, 0.717) is 12.5 Å². The Kier molecular flexibility index (Phi) is 6.89. The zero-order valence-corrected chi connectivity index (χ0v) is 23.6. The number of carbonyl (C=O) groups excluding carboxylic acids is 1. The van der Waals surface area contributed by atoms with Gasteiger partial charge in [0.15, 0.2) is 0 Å². The molecule has 3 atom stereocenters. The summed E-state index contributed by atoms with van der Waals surface area (Å²) in [6, 6.07) is 0. The van der Waals surface area contributed by atoms with Gasteiger partial charge in [0.2, 0.25) is 0 Å². The molecule has 4 rings (SSSR count). The minimum absolute atomic E-state index is 0.0634. The van der Waals surface area contributed by atoms with E-state index in [1.54, 1.807) is 7.11 Å². The lowest BCUT2D eigenvalue weighted by molar-refractivity contribution is -0.155. The highest BCUT2D eigenvalue weighted by Gasteiger charge is 2.52. The molecule has 2 bridgehead atoms. The number of rotatable bonds is 3. The number of methoxy groups -OCH3 is 1. The quantitative estimate of drug-likeness (QED) is 0.474. The number of carbonyl (C=O) groups is 1. The molecule has 0 radical (unpaired) electrons. The number of aromatic nitrogens is 1. The average Bonchev–Trinajstić information content (AvgIpc) is 3.21. The van der Waals surface area contributed by atoms with Crippen molar-refractivity contribution in [1.29, 1.82) is 0 Å². The molecule has 0 fully saturated rings. The van der Waals surface area contributed by atoms with E-state index in [0.717, 1.165) is 32.1 Å². The van der Waals surface area contributed by atoms with Gasteiger partial charge in [-0.05, 0) is 106 Å². The number of aryl methyl sites for hydroxylation is 2. The van der Waals surface area contributed by atoms with Crippen LogP contribution < -0.4 is 0 Å². The van der Waals surface area contributed by atoms with Gasteiger partial charge < -0.3 is 14.6 Å². The van der Waals surface area contributed by atoms with Crippen molar-refractivity contribution < 1.29 is 9.53 Å². The van der Waals surface area contributed by atoms with Crippen molar-refractivity contribution in [3.05, 3.63) is 45.3 Å². The molecule has 1 aromatic carbocycles. The highest BCUT2D eigenvalue weighted by molar-refractivity contribution is 5.94. The number of allylic oxidation sites excluding steroid dienone is 1. The van der Waals surface area contributed by atoms with Crippen molar-refractivity contribution in [3.63, 3.8) is 0 Å². The van der Waals surface area contributed by atoms with E-state index in [1.807, 2.05) is 0 Å². The first-order valence-electron chi connectivity index (χ1n) is 13.6. The van der Waals surface area contributed by atoms with E-state index in [4.69, 9.17) is 4.74 Å². The van der Waals surface area contributed by atoms with E-state index in [-0.39, 0.29) is 11.4 Å². The van der Waals surface area contributed by atoms with Crippen molar-refractivity contribution in [2.24, 2.45) is 11.3 Å². The molecule has 1 aromatic heterocycles. The maximum absolute atomic E-state index is 13.7. The number of aromatic amines is 1. The smallest absolute Gasteiger partial charge is 0.313 e. The molecule has 0 amide bonds. The van der Waals surface area contributed by atoms with Crippen LogP contribution in [0.4, 0.5) is 0 Å². The summed E-state index contributed by atoms with van der Waals surface area (Å²) in [5.41, 5.74) is 10.2. The summed E-state index contributed by atoms with van der Waals surface area (Å²) in [6.07, 6.45) is 9.53. The Balaban J connectivity index is 2.00. The van der Waals surface area contributed by atoms with Gasteiger partial charge in [-0.2, -0.15) is 0 Å². The molecular formula is C31H46N2O2. The van der Waals surface area contributed by atoms with Crippen molar-refractivity contribution in [2.45, 2.75) is 98.8 Å². The van der Waals surface area contributed by atoms with Gasteiger partial charge in [0.1, 0.15) is 0 Å². The Morgan fingerprint density at radius 3 is 2.46 bits per heavy atom. The van der Waals surface area contributed by atoms with Crippen LogP contribution in [0.25, 0.3) is 10.9 Å². The molecule has 3 unspecified atom stereocenters. The number of H-pyrrole nitrogens is 1. The highest BCUT2D eigenvalue weighted by atomic mass is 16.5. The van der Waals surface area contributed by atoms with Gasteiger partial charge in [-0.15, -0.1) is 0 Å². The molecule has 2 aromatic rings. The predicted molar refractivity (Wildman–Crippen MR) is 146 cm³/mol. The maximum Gasteiger partial charge on any atom is 0.313 e. The summed E-state index contributed by atoms with van der Waals surface area (Å²) in [5, 5.41) is 1.34. The zero-order valence-electron chi connectivity index (χ0n) is 23.6. The van der Waals surface area contributed by atoms with Crippen LogP contribution in [0.3, 0.4) is 0 Å². The van der Waals surface area contributed by atoms with Crippen molar-refractivity contribution in [2.75, 3.05) is 20.7 Å². The lowest BCUT2D eigenvalue weighted by atomic mass is 9.59. The molecule has 35 heavy (non-hydrogen) atoms. The fourth-order valence-corrected chi connectivity index (χ4v) is 7.32. The maximum atomic E-state index is 13.7. The lowest BCUT2D eigenvalue weighted by Crippen LogP contribution is -2.50. The third kappa shape index (κ3) is 4.21. The largest absolute Gasteiger partial charge is 0.469 e. The first-order chi connectivity index (χ1) is 16.5. The number of ether oxygens (including phenoxy) is 1. The van der Waals surface area contributed by atoms with Gasteiger partial charge in [-0.1, -0.05) is 32.8 Å². The molecule has 0 saturated carbocycles. The van der Waals surface area contributed by atoms with Crippen LogP contribution in [0, 0.1) is 39.0 Å². The number of hydrogen-bond donors (Lipinski definition) is 1. The van der Waals surface area contributed by atoms with E-state index >= 15 is 0 Å². The number of nitrogens with one attached hydrogen (secondary N) is 1. The minimum atomic E-state index is -0.569. The summed E-state index contributed by atoms with van der Waals surface area (Å²) < 4.78 is 5.56. The van der Waals surface area contributed by atoms with Crippen LogP contribution in [0.2, 0.25) is 0 Å². The Labute approximate surface area is 212 Å². The Morgan fingerprint density at radius 2 is 1.83 bits per heavy atom. The third-order valence-corrected chi connectivity index (χ3v) is 9.65. The monoisotopic (exact) mass is 478 g/mol. The summed E-state index contributed by atoms with van der Waals surface area (Å²) in [5.74, 6) is 0.603. The van der Waals surface area contributed by atoms with Crippen LogP contribution in [0.5, 0.6) is 0 Å². The van der Waals surface area contributed by atoms with E-state index < -0.39 is 5.41 Å². The Hall–Kier alpha value is -2.23.